The predicted octanol–water partition coefficient (Wildman–Crippen LogP) is 4.48. The molecular weight excluding hydrogens is 436 g/mol. The van der Waals surface area contributed by atoms with Crippen LogP contribution in [-0.2, 0) is 0 Å². The number of aromatic nitrogens is 1. The zero-order valence-electron chi connectivity index (χ0n) is 20.1. The number of carbonyl (C=O) groups excluding carboxylic acids is 1. The number of carbonyl (C=O) groups is 1. The lowest BCUT2D eigenvalue weighted by atomic mass is 9.79. The van der Waals surface area contributed by atoms with Crippen LogP contribution in [0, 0.1) is 5.92 Å². The quantitative estimate of drug-likeness (QED) is 0.621. The van der Waals surface area contributed by atoms with E-state index in [4.69, 9.17) is 16.6 Å². The number of nitrogens with zero attached hydrogens (tertiary/aromatic N) is 3. The Hall–Kier alpha value is -1.89. The van der Waals surface area contributed by atoms with Gasteiger partial charge in [0.15, 0.2) is 0 Å². The van der Waals surface area contributed by atoms with Crippen molar-refractivity contribution in [2.45, 2.75) is 64.5 Å². The van der Waals surface area contributed by atoms with Crippen LogP contribution in [0.3, 0.4) is 0 Å². The molecule has 2 heterocycles. The van der Waals surface area contributed by atoms with E-state index in [9.17, 15) is 9.90 Å². The first-order chi connectivity index (χ1) is 15.8. The Bertz CT molecular complexity index is 996. The SMILES string of the molecule is CCN(CC)C1CCN(c2ccc3c(C(=O)NCC4(O)CCC[C@H](C)C4)c(Cl)ccc3n2)C1. The lowest BCUT2D eigenvalue weighted by molar-refractivity contribution is -0.0109. The number of pyridine rings is 1. The molecule has 2 aliphatic rings. The fourth-order valence-corrected chi connectivity index (χ4v) is 5.94. The van der Waals surface area contributed by atoms with E-state index in [2.05, 4.69) is 35.9 Å². The van der Waals surface area contributed by atoms with Crippen LogP contribution < -0.4 is 10.2 Å². The number of hydrogen-bond acceptors (Lipinski definition) is 5. The molecule has 1 saturated carbocycles. The van der Waals surface area contributed by atoms with Gasteiger partial charge in [-0.15, -0.1) is 0 Å². The third-order valence-electron chi connectivity index (χ3n) is 7.49. The summed E-state index contributed by atoms with van der Waals surface area (Å²) in [7, 11) is 0. The van der Waals surface area contributed by atoms with E-state index >= 15 is 0 Å². The fraction of sp³-hybridized carbons (Fsp3) is 0.615. The van der Waals surface area contributed by atoms with Crippen molar-refractivity contribution < 1.29 is 9.90 Å². The van der Waals surface area contributed by atoms with E-state index in [1.165, 1.54) is 0 Å². The summed E-state index contributed by atoms with van der Waals surface area (Å²) < 4.78 is 0. The normalized spacial score (nSPS) is 25.7. The summed E-state index contributed by atoms with van der Waals surface area (Å²) in [6.45, 7) is 10.9. The van der Waals surface area contributed by atoms with Gasteiger partial charge in [-0.2, -0.15) is 0 Å². The van der Waals surface area contributed by atoms with Crippen LogP contribution in [-0.4, -0.2) is 65.3 Å². The molecule has 1 saturated heterocycles. The lowest BCUT2D eigenvalue weighted by Crippen LogP contribution is -2.45. The van der Waals surface area contributed by atoms with Crippen LogP contribution >= 0.6 is 11.6 Å². The van der Waals surface area contributed by atoms with Crippen LogP contribution in [0.15, 0.2) is 24.3 Å². The predicted molar refractivity (Wildman–Crippen MR) is 135 cm³/mol. The van der Waals surface area contributed by atoms with Gasteiger partial charge in [-0.25, -0.2) is 4.98 Å². The molecule has 1 aromatic carbocycles. The summed E-state index contributed by atoms with van der Waals surface area (Å²) in [5.74, 6) is 1.15. The number of anilines is 1. The minimum Gasteiger partial charge on any atom is -0.388 e. The Balaban J connectivity index is 1.51. The van der Waals surface area contributed by atoms with Crippen LogP contribution in [0.2, 0.25) is 5.02 Å². The minimum absolute atomic E-state index is 0.245. The van der Waals surface area contributed by atoms with Crippen molar-refractivity contribution in [2.75, 3.05) is 37.6 Å². The van der Waals surface area contributed by atoms with Gasteiger partial charge in [0.2, 0.25) is 0 Å². The van der Waals surface area contributed by atoms with Gasteiger partial charge in [-0.05, 0) is 62.5 Å². The van der Waals surface area contributed by atoms with Gasteiger partial charge in [0.05, 0.1) is 21.7 Å². The van der Waals surface area contributed by atoms with Crippen LogP contribution in [0.4, 0.5) is 5.82 Å². The Kier molecular flexibility index (Phi) is 7.46. The van der Waals surface area contributed by atoms with Gasteiger partial charge in [-0.3, -0.25) is 9.69 Å². The largest absolute Gasteiger partial charge is 0.388 e. The van der Waals surface area contributed by atoms with Gasteiger partial charge in [0.25, 0.3) is 5.91 Å². The zero-order chi connectivity index (χ0) is 23.6. The molecule has 1 aliphatic carbocycles. The molecule has 2 fully saturated rings. The first kappa shape index (κ1) is 24.2. The average Bonchev–Trinajstić information content (AvgIpc) is 3.28. The first-order valence-corrected chi connectivity index (χ1v) is 12.8. The number of likely N-dealkylation sites (N-methyl/N-ethyl adjacent to an activating group) is 1. The van der Waals surface area contributed by atoms with Gasteiger partial charge >= 0.3 is 0 Å². The molecule has 0 radical (unpaired) electrons. The minimum atomic E-state index is -0.840. The van der Waals surface area contributed by atoms with Crippen molar-refractivity contribution in [2.24, 2.45) is 5.92 Å². The number of fused-ring (bicyclic) bond motifs is 1. The molecule has 2 aromatic rings. The van der Waals surface area contributed by atoms with E-state index in [0.29, 0.717) is 29.0 Å². The summed E-state index contributed by atoms with van der Waals surface area (Å²) in [5, 5.41) is 15.0. The van der Waals surface area contributed by atoms with Gasteiger partial charge in [0.1, 0.15) is 5.82 Å². The molecule has 0 bridgehead atoms. The number of aliphatic hydroxyl groups is 1. The summed E-state index contributed by atoms with van der Waals surface area (Å²) in [5.41, 5.74) is 0.355. The van der Waals surface area contributed by atoms with Crippen LogP contribution in [0.5, 0.6) is 0 Å². The molecule has 6 nitrogen and oxygen atoms in total. The van der Waals surface area contributed by atoms with Crippen molar-refractivity contribution >= 4 is 34.2 Å². The van der Waals surface area contributed by atoms with E-state index in [-0.39, 0.29) is 12.5 Å². The highest BCUT2D eigenvalue weighted by Crippen LogP contribution is 2.32. The second-order valence-electron chi connectivity index (χ2n) is 9.88. The highest BCUT2D eigenvalue weighted by molar-refractivity contribution is 6.35. The molecule has 7 heteroatoms. The number of hydrogen-bond donors (Lipinski definition) is 2. The van der Waals surface area contributed by atoms with Gasteiger partial charge in [0, 0.05) is 31.1 Å². The van der Waals surface area contributed by atoms with Crippen molar-refractivity contribution in [1.82, 2.24) is 15.2 Å². The Morgan fingerprint density at radius 1 is 1.27 bits per heavy atom. The number of amides is 1. The van der Waals surface area contributed by atoms with Crippen molar-refractivity contribution in [3.63, 3.8) is 0 Å². The molecule has 2 unspecified atom stereocenters. The summed E-state index contributed by atoms with van der Waals surface area (Å²) >= 11 is 6.46. The van der Waals surface area contributed by atoms with E-state index < -0.39 is 5.60 Å². The molecule has 4 rings (SSSR count). The van der Waals surface area contributed by atoms with E-state index in [1.807, 2.05) is 18.2 Å². The number of nitrogens with one attached hydrogen (secondary N) is 1. The maximum absolute atomic E-state index is 13.1. The van der Waals surface area contributed by atoms with Gasteiger partial charge in [-0.1, -0.05) is 45.2 Å². The highest BCUT2D eigenvalue weighted by atomic mass is 35.5. The van der Waals surface area contributed by atoms with Gasteiger partial charge < -0.3 is 15.3 Å². The fourth-order valence-electron chi connectivity index (χ4n) is 5.69. The molecular formula is C26H37ClN4O2. The Morgan fingerprint density at radius 3 is 2.79 bits per heavy atom. The first-order valence-electron chi connectivity index (χ1n) is 12.4. The molecule has 1 aromatic heterocycles. The van der Waals surface area contributed by atoms with Crippen molar-refractivity contribution in [1.29, 1.82) is 0 Å². The third kappa shape index (κ3) is 5.28. The molecule has 180 valence electrons. The maximum Gasteiger partial charge on any atom is 0.253 e. The Morgan fingerprint density at radius 2 is 2.06 bits per heavy atom. The smallest absolute Gasteiger partial charge is 0.253 e. The highest BCUT2D eigenvalue weighted by Gasteiger charge is 2.33. The lowest BCUT2D eigenvalue weighted by Gasteiger charge is -2.35. The Labute approximate surface area is 202 Å². The van der Waals surface area contributed by atoms with E-state index in [0.717, 1.165) is 68.6 Å². The molecule has 1 aliphatic heterocycles. The molecule has 2 N–H and O–H groups in total. The summed E-state index contributed by atoms with van der Waals surface area (Å²) in [6, 6.07) is 8.14. The second kappa shape index (κ2) is 10.2. The van der Waals surface area contributed by atoms with Crippen molar-refractivity contribution in [3.05, 3.63) is 34.9 Å². The summed E-state index contributed by atoms with van der Waals surface area (Å²) in [6.07, 6.45) is 4.69. The standard InChI is InChI=1S/C26H37ClN4O2/c1-4-30(5-2)19-12-14-31(16-19)23-11-8-20-22(29-23)10-9-21(27)24(20)25(32)28-17-26(33)13-6-7-18(3)15-26/h8-11,18-19,33H,4-7,12-17H2,1-3H3,(H,28,32)/t18-,19?,26?/m0/s1. The monoisotopic (exact) mass is 472 g/mol. The second-order valence-corrected chi connectivity index (χ2v) is 10.3. The summed E-state index contributed by atoms with van der Waals surface area (Å²) in [4.78, 5) is 22.8. The van der Waals surface area contributed by atoms with E-state index in [1.54, 1.807) is 6.07 Å². The van der Waals surface area contributed by atoms with Crippen LogP contribution in [0.25, 0.3) is 10.9 Å². The van der Waals surface area contributed by atoms with Crippen LogP contribution in [0.1, 0.15) is 63.2 Å². The van der Waals surface area contributed by atoms with Crippen molar-refractivity contribution in [3.8, 4) is 0 Å². The maximum atomic E-state index is 13.1. The third-order valence-corrected chi connectivity index (χ3v) is 7.81. The number of benzene rings is 1. The molecule has 0 spiro atoms. The number of halogens is 1. The molecule has 33 heavy (non-hydrogen) atoms. The topological polar surface area (TPSA) is 68.7 Å². The average molecular weight is 473 g/mol. The molecule has 3 atom stereocenters. The molecule has 1 amide bonds. The zero-order valence-corrected chi connectivity index (χ0v) is 20.9. The number of rotatable bonds is 7.